The molecule has 1 amide bonds. The zero-order chi connectivity index (χ0) is 14.7. The second-order valence-electron chi connectivity index (χ2n) is 4.72. The van der Waals surface area contributed by atoms with Gasteiger partial charge in [-0.3, -0.25) is 10.1 Å². The zero-order valence-corrected chi connectivity index (χ0v) is 12.9. The maximum atomic E-state index is 12.0. The van der Waals surface area contributed by atoms with Crippen molar-refractivity contribution in [3.63, 3.8) is 0 Å². The summed E-state index contributed by atoms with van der Waals surface area (Å²) in [6.07, 6.45) is -0.567. The van der Waals surface area contributed by atoms with Gasteiger partial charge in [-0.15, -0.1) is 11.3 Å². The second-order valence-corrected chi connectivity index (χ2v) is 5.93. The molecule has 0 aliphatic heterocycles. The number of carbonyl (C=O) groups excluding carboxylic acids is 1. The number of ether oxygens (including phenoxy) is 1. The van der Waals surface area contributed by atoms with Crippen molar-refractivity contribution < 1.29 is 9.53 Å². The van der Waals surface area contributed by atoms with Gasteiger partial charge in [0.15, 0.2) is 11.2 Å². The van der Waals surface area contributed by atoms with Crippen LogP contribution in [-0.2, 0) is 4.79 Å². The van der Waals surface area contributed by atoms with Crippen LogP contribution in [0.5, 0.6) is 5.75 Å². The number of nitrogens with zero attached hydrogens (tertiary/aromatic N) is 1. The summed E-state index contributed by atoms with van der Waals surface area (Å²) in [4.78, 5) is 17.4. The quantitative estimate of drug-likeness (QED) is 0.938. The van der Waals surface area contributed by atoms with E-state index in [-0.39, 0.29) is 5.91 Å². The first-order valence-electron chi connectivity index (χ1n) is 6.44. The molecule has 5 heteroatoms. The number of rotatable bonds is 4. The third-order valence-electron chi connectivity index (χ3n) is 2.96. The van der Waals surface area contributed by atoms with Gasteiger partial charge in [-0.1, -0.05) is 17.7 Å². The number of benzene rings is 1. The largest absolute Gasteiger partial charge is 0.481 e. The van der Waals surface area contributed by atoms with Crippen LogP contribution in [0.4, 0.5) is 5.13 Å². The highest BCUT2D eigenvalue weighted by Gasteiger charge is 2.16. The average Bonchev–Trinajstić information content (AvgIpc) is 2.71. The van der Waals surface area contributed by atoms with Gasteiger partial charge in [0.2, 0.25) is 0 Å². The SMILES string of the molecule is Cc1ccc(OC(C)C(=O)Nc2nc(C)c(C)s2)cc1. The maximum absolute atomic E-state index is 12.0. The van der Waals surface area contributed by atoms with E-state index in [1.165, 1.54) is 11.3 Å². The highest BCUT2D eigenvalue weighted by Crippen LogP contribution is 2.21. The predicted octanol–water partition coefficient (Wildman–Crippen LogP) is 3.47. The minimum atomic E-state index is -0.567. The van der Waals surface area contributed by atoms with Crippen LogP contribution in [0, 0.1) is 20.8 Å². The molecule has 0 bridgehead atoms. The molecule has 2 rings (SSSR count). The monoisotopic (exact) mass is 290 g/mol. The summed E-state index contributed by atoms with van der Waals surface area (Å²) in [5.41, 5.74) is 2.10. The minimum absolute atomic E-state index is 0.195. The van der Waals surface area contributed by atoms with Crippen molar-refractivity contribution in [1.29, 1.82) is 0 Å². The lowest BCUT2D eigenvalue weighted by atomic mass is 10.2. The Kier molecular flexibility index (Phi) is 4.39. The van der Waals surface area contributed by atoms with E-state index >= 15 is 0 Å². The van der Waals surface area contributed by atoms with Crippen molar-refractivity contribution in [2.45, 2.75) is 33.8 Å². The van der Waals surface area contributed by atoms with Gasteiger partial charge in [-0.25, -0.2) is 4.98 Å². The summed E-state index contributed by atoms with van der Waals surface area (Å²) in [6, 6.07) is 7.62. The Balaban J connectivity index is 1.96. The molecule has 1 atom stereocenters. The van der Waals surface area contributed by atoms with Crippen molar-refractivity contribution in [2.75, 3.05) is 5.32 Å². The van der Waals surface area contributed by atoms with Gasteiger partial charge in [0.05, 0.1) is 5.69 Å². The van der Waals surface area contributed by atoms with E-state index in [4.69, 9.17) is 4.74 Å². The predicted molar refractivity (Wildman–Crippen MR) is 81.5 cm³/mol. The van der Waals surface area contributed by atoms with Gasteiger partial charge in [0.1, 0.15) is 5.75 Å². The first-order chi connectivity index (χ1) is 9.45. The first-order valence-corrected chi connectivity index (χ1v) is 7.25. The van der Waals surface area contributed by atoms with E-state index in [2.05, 4.69) is 10.3 Å². The molecule has 1 aromatic heterocycles. The molecule has 0 spiro atoms. The van der Waals surface area contributed by atoms with Gasteiger partial charge in [0, 0.05) is 4.88 Å². The molecule has 0 aliphatic rings. The van der Waals surface area contributed by atoms with Crippen LogP contribution < -0.4 is 10.1 Å². The minimum Gasteiger partial charge on any atom is -0.481 e. The summed E-state index contributed by atoms with van der Waals surface area (Å²) in [5.74, 6) is 0.490. The standard InChI is InChI=1S/C15H18N2O2S/c1-9-5-7-13(8-6-9)19-11(3)14(18)17-15-16-10(2)12(4)20-15/h5-8,11H,1-4H3,(H,16,17,18). The normalized spacial score (nSPS) is 12.0. The number of thiazole rings is 1. The summed E-state index contributed by atoms with van der Waals surface area (Å²) < 4.78 is 5.61. The molecule has 1 heterocycles. The Morgan fingerprint density at radius 2 is 1.90 bits per heavy atom. The molecule has 1 aromatic carbocycles. The number of nitrogens with one attached hydrogen (secondary N) is 1. The molecule has 0 radical (unpaired) electrons. The van der Waals surface area contributed by atoms with Crippen LogP contribution >= 0.6 is 11.3 Å². The maximum Gasteiger partial charge on any atom is 0.266 e. The molecular weight excluding hydrogens is 272 g/mol. The van der Waals surface area contributed by atoms with E-state index in [0.717, 1.165) is 16.1 Å². The van der Waals surface area contributed by atoms with Crippen molar-refractivity contribution in [3.05, 3.63) is 40.4 Å². The van der Waals surface area contributed by atoms with Crippen molar-refractivity contribution in [2.24, 2.45) is 0 Å². The molecule has 106 valence electrons. The Labute approximate surface area is 122 Å². The van der Waals surface area contributed by atoms with Crippen LogP contribution in [0.15, 0.2) is 24.3 Å². The summed E-state index contributed by atoms with van der Waals surface area (Å²) >= 11 is 1.47. The zero-order valence-electron chi connectivity index (χ0n) is 12.1. The second kappa shape index (κ2) is 6.05. The number of anilines is 1. The first kappa shape index (κ1) is 14.5. The third kappa shape index (κ3) is 3.57. The molecular formula is C15H18N2O2S. The number of aryl methyl sites for hydroxylation is 3. The van der Waals surface area contributed by atoms with Crippen LogP contribution in [0.1, 0.15) is 23.1 Å². The van der Waals surface area contributed by atoms with E-state index < -0.39 is 6.10 Å². The smallest absolute Gasteiger partial charge is 0.266 e. The lowest BCUT2D eigenvalue weighted by Crippen LogP contribution is -2.30. The lowest BCUT2D eigenvalue weighted by Gasteiger charge is -2.13. The number of aromatic nitrogens is 1. The Morgan fingerprint density at radius 1 is 1.25 bits per heavy atom. The summed E-state index contributed by atoms with van der Waals surface area (Å²) in [5, 5.41) is 3.39. The lowest BCUT2D eigenvalue weighted by molar-refractivity contribution is -0.122. The number of amides is 1. The van der Waals surface area contributed by atoms with Crippen LogP contribution in [0.3, 0.4) is 0 Å². The van der Waals surface area contributed by atoms with Crippen LogP contribution in [-0.4, -0.2) is 17.0 Å². The fraction of sp³-hybridized carbons (Fsp3) is 0.333. The summed E-state index contributed by atoms with van der Waals surface area (Å²) in [6.45, 7) is 7.64. The third-order valence-corrected chi connectivity index (χ3v) is 3.95. The molecule has 4 nitrogen and oxygen atoms in total. The highest BCUT2D eigenvalue weighted by molar-refractivity contribution is 7.15. The van der Waals surface area contributed by atoms with Crippen molar-refractivity contribution in [3.8, 4) is 5.75 Å². The van der Waals surface area contributed by atoms with Gasteiger partial charge in [0.25, 0.3) is 5.91 Å². The molecule has 0 saturated carbocycles. The fourth-order valence-electron chi connectivity index (χ4n) is 1.61. The Bertz CT molecular complexity index is 585. The molecule has 1 N–H and O–H groups in total. The van der Waals surface area contributed by atoms with Crippen LogP contribution in [0.2, 0.25) is 0 Å². The van der Waals surface area contributed by atoms with Gasteiger partial charge in [-0.2, -0.15) is 0 Å². The van der Waals surface area contributed by atoms with E-state index in [1.807, 2.05) is 45.0 Å². The highest BCUT2D eigenvalue weighted by atomic mass is 32.1. The molecule has 0 saturated heterocycles. The van der Waals surface area contributed by atoms with Crippen molar-refractivity contribution in [1.82, 2.24) is 4.98 Å². The molecule has 20 heavy (non-hydrogen) atoms. The molecule has 0 fully saturated rings. The summed E-state index contributed by atoms with van der Waals surface area (Å²) in [7, 11) is 0. The number of carbonyl (C=O) groups is 1. The average molecular weight is 290 g/mol. The molecule has 2 aromatic rings. The van der Waals surface area contributed by atoms with Gasteiger partial charge >= 0.3 is 0 Å². The van der Waals surface area contributed by atoms with Crippen molar-refractivity contribution >= 4 is 22.4 Å². The van der Waals surface area contributed by atoms with E-state index in [0.29, 0.717) is 10.9 Å². The van der Waals surface area contributed by atoms with Gasteiger partial charge in [-0.05, 0) is 39.8 Å². The van der Waals surface area contributed by atoms with Crippen LogP contribution in [0.25, 0.3) is 0 Å². The Morgan fingerprint density at radius 3 is 2.45 bits per heavy atom. The van der Waals surface area contributed by atoms with Gasteiger partial charge < -0.3 is 4.74 Å². The Hall–Kier alpha value is -1.88. The fourth-order valence-corrected chi connectivity index (χ4v) is 2.43. The molecule has 1 unspecified atom stereocenters. The number of hydrogen-bond donors (Lipinski definition) is 1. The molecule has 0 aliphatic carbocycles. The van der Waals surface area contributed by atoms with E-state index in [1.54, 1.807) is 6.92 Å². The topological polar surface area (TPSA) is 51.2 Å². The number of hydrogen-bond acceptors (Lipinski definition) is 4. The van der Waals surface area contributed by atoms with E-state index in [9.17, 15) is 4.79 Å².